The topological polar surface area (TPSA) is 45.0 Å². The number of benzene rings is 1. The number of anilines is 1. The van der Waals surface area contributed by atoms with Crippen LogP contribution in [0.2, 0.25) is 0 Å². The number of halogens is 3. The molecule has 0 spiro atoms. The molecule has 0 fully saturated rings. The van der Waals surface area contributed by atoms with Crippen LogP contribution in [0, 0.1) is 11.3 Å². The van der Waals surface area contributed by atoms with Crippen molar-refractivity contribution in [3.05, 3.63) is 24.3 Å². The predicted molar refractivity (Wildman–Crippen MR) is 47.2 cm³/mol. The smallest absolute Gasteiger partial charge is 0.406 e. The normalized spacial score (nSPS) is 10.5. The first kappa shape index (κ1) is 11.2. The molecule has 3 nitrogen and oxygen atoms in total. The molecule has 0 unspecified atom stereocenters. The minimum absolute atomic E-state index is 0.0967. The van der Waals surface area contributed by atoms with E-state index in [1.807, 2.05) is 6.07 Å². The molecule has 1 aromatic rings. The zero-order valence-electron chi connectivity index (χ0n) is 7.51. The molecule has 0 atom stereocenters. The van der Waals surface area contributed by atoms with E-state index in [1.54, 1.807) is 0 Å². The van der Waals surface area contributed by atoms with Gasteiger partial charge in [-0.05, 0) is 24.3 Å². The van der Waals surface area contributed by atoms with E-state index >= 15 is 0 Å². The van der Waals surface area contributed by atoms with Gasteiger partial charge in [-0.15, -0.1) is 13.2 Å². The molecule has 0 aliphatic heterocycles. The fourth-order valence-electron chi connectivity index (χ4n) is 0.916. The Kier molecular flexibility index (Phi) is 3.39. The Balaban J connectivity index is 2.61. The summed E-state index contributed by atoms with van der Waals surface area (Å²) in [6.45, 7) is 0.0967. The van der Waals surface area contributed by atoms with Crippen LogP contribution in [0.3, 0.4) is 0 Å². The molecule has 0 saturated carbocycles. The SMILES string of the molecule is N#CCNc1ccc(OC(F)(F)F)cc1. The molecule has 80 valence electrons. The van der Waals surface area contributed by atoms with E-state index in [0.717, 1.165) is 0 Å². The molecule has 0 heterocycles. The molecule has 0 bridgehead atoms. The van der Waals surface area contributed by atoms with E-state index in [4.69, 9.17) is 5.26 Å². The van der Waals surface area contributed by atoms with Gasteiger partial charge in [0.25, 0.3) is 0 Å². The van der Waals surface area contributed by atoms with Gasteiger partial charge >= 0.3 is 6.36 Å². The number of ether oxygens (including phenoxy) is 1. The second-order valence-electron chi connectivity index (χ2n) is 2.58. The van der Waals surface area contributed by atoms with E-state index in [-0.39, 0.29) is 12.3 Å². The number of alkyl halides is 3. The number of nitrogens with one attached hydrogen (secondary N) is 1. The standard InChI is InChI=1S/C9H7F3N2O/c10-9(11,12)15-8-3-1-7(2-4-8)14-6-5-13/h1-4,14H,6H2. The van der Waals surface area contributed by atoms with Gasteiger partial charge in [-0.25, -0.2) is 0 Å². The van der Waals surface area contributed by atoms with Crippen molar-refractivity contribution in [2.75, 3.05) is 11.9 Å². The summed E-state index contributed by atoms with van der Waals surface area (Å²) in [6.07, 6.45) is -4.68. The Morgan fingerprint density at radius 3 is 2.33 bits per heavy atom. The van der Waals surface area contributed by atoms with Crippen LogP contribution in [0.4, 0.5) is 18.9 Å². The third kappa shape index (κ3) is 4.22. The summed E-state index contributed by atoms with van der Waals surface area (Å²) in [5, 5.41) is 10.9. The number of hydrogen-bond donors (Lipinski definition) is 1. The van der Waals surface area contributed by atoms with Crippen molar-refractivity contribution in [2.45, 2.75) is 6.36 Å². The summed E-state index contributed by atoms with van der Waals surface area (Å²) in [5.41, 5.74) is 0.561. The molecular weight excluding hydrogens is 209 g/mol. The fourth-order valence-corrected chi connectivity index (χ4v) is 0.916. The van der Waals surface area contributed by atoms with Gasteiger partial charge in [-0.1, -0.05) is 0 Å². The molecule has 0 aliphatic carbocycles. The minimum atomic E-state index is -4.68. The summed E-state index contributed by atoms with van der Waals surface area (Å²) in [4.78, 5) is 0. The van der Waals surface area contributed by atoms with Gasteiger partial charge in [0, 0.05) is 5.69 Å². The molecule has 1 aromatic carbocycles. The molecule has 15 heavy (non-hydrogen) atoms. The molecule has 1 rings (SSSR count). The van der Waals surface area contributed by atoms with Gasteiger partial charge in [-0.2, -0.15) is 5.26 Å². The molecule has 0 amide bonds. The lowest BCUT2D eigenvalue weighted by Crippen LogP contribution is -2.17. The number of nitriles is 1. The lowest BCUT2D eigenvalue weighted by atomic mass is 10.3. The Morgan fingerprint density at radius 2 is 1.87 bits per heavy atom. The van der Waals surface area contributed by atoms with Crippen molar-refractivity contribution < 1.29 is 17.9 Å². The van der Waals surface area contributed by atoms with Gasteiger partial charge in [-0.3, -0.25) is 0 Å². The Hall–Kier alpha value is -1.90. The third-order valence-electron chi connectivity index (χ3n) is 1.46. The first-order valence-electron chi connectivity index (χ1n) is 3.98. The van der Waals surface area contributed by atoms with Crippen LogP contribution >= 0.6 is 0 Å². The predicted octanol–water partition coefficient (Wildman–Crippen LogP) is 2.52. The van der Waals surface area contributed by atoms with Gasteiger partial charge in [0.2, 0.25) is 0 Å². The van der Waals surface area contributed by atoms with Crippen molar-refractivity contribution in [3.63, 3.8) is 0 Å². The Morgan fingerprint density at radius 1 is 1.27 bits per heavy atom. The van der Waals surface area contributed by atoms with Gasteiger partial charge in [0.05, 0.1) is 6.07 Å². The van der Waals surface area contributed by atoms with Gasteiger partial charge < -0.3 is 10.1 Å². The Labute approximate surface area is 84.1 Å². The highest BCUT2D eigenvalue weighted by Crippen LogP contribution is 2.23. The van der Waals surface area contributed by atoms with Gasteiger partial charge in [0.1, 0.15) is 12.3 Å². The van der Waals surface area contributed by atoms with E-state index in [2.05, 4.69) is 10.1 Å². The molecule has 1 N–H and O–H groups in total. The van der Waals surface area contributed by atoms with Crippen LogP contribution in [0.5, 0.6) is 5.75 Å². The third-order valence-corrected chi connectivity index (χ3v) is 1.46. The van der Waals surface area contributed by atoms with Crippen molar-refractivity contribution >= 4 is 5.69 Å². The molecular formula is C9H7F3N2O. The molecule has 0 aliphatic rings. The highest BCUT2D eigenvalue weighted by molar-refractivity contribution is 5.46. The van der Waals surface area contributed by atoms with Gasteiger partial charge in [0.15, 0.2) is 0 Å². The lowest BCUT2D eigenvalue weighted by Gasteiger charge is -2.09. The molecule has 6 heteroatoms. The van der Waals surface area contributed by atoms with Crippen molar-refractivity contribution in [1.29, 1.82) is 5.26 Å². The van der Waals surface area contributed by atoms with Crippen molar-refractivity contribution in [3.8, 4) is 11.8 Å². The van der Waals surface area contributed by atoms with Crippen LogP contribution in [0.1, 0.15) is 0 Å². The minimum Gasteiger partial charge on any atom is -0.406 e. The maximum absolute atomic E-state index is 11.8. The zero-order chi connectivity index (χ0) is 11.3. The summed E-state index contributed by atoms with van der Waals surface area (Å²) in [7, 11) is 0. The summed E-state index contributed by atoms with van der Waals surface area (Å²) in [6, 6.07) is 7.00. The summed E-state index contributed by atoms with van der Waals surface area (Å²) in [5.74, 6) is -0.287. The average Bonchev–Trinajstić information content (AvgIpc) is 2.14. The fraction of sp³-hybridized carbons (Fsp3) is 0.222. The highest BCUT2D eigenvalue weighted by atomic mass is 19.4. The number of hydrogen-bond acceptors (Lipinski definition) is 3. The van der Waals surface area contributed by atoms with Crippen LogP contribution < -0.4 is 10.1 Å². The van der Waals surface area contributed by atoms with Crippen molar-refractivity contribution in [1.82, 2.24) is 0 Å². The van der Waals surface area contributed by atoms with E-state index < -0.39 is 6.36 Å². The second kappa shape index (κ2) is 4.55. The molecule has 0 aromatic heterocycles. The van der Waals surface area contributed by atoms with Crippen LogP contribution in [0.25, 0.3) is 0 Å². The lowest BCUT2D eigenvalue weighted by molar-refractivity contribution is -0.274. The second-order valence-corrected chi connectivity index (χ2v) is 2.58. The molecule has 0 radical (unpaired) electrons. The first-order chi connectivity index (χ1) is 7.01. The van der Waals surface area contributed by atoms with E-state index in [0.29, 0.717) is 5.69 Å². The number of rotatable bonds is 3. The summed E-state index contributed by atoms with van der Waals surface area (Å²) >= 11 is 0. The van der Waals surface area contributed by atoms with Crippen LogP contribution in [-0.2, 0) is 0 Å². The number of nitrogens with zero attached hydrogens (tertiary/aromatic N) is 1. The van der Waals surface area contributed by atoms with E-state index in [1.165, 1.54) is 24.3 Å². The molecule has 0 saturated heterocycles. The first-order valence-corrected chi connectivity index (χ1v) is 3.98. The van der Waals surface area contributed by atoms with Crippen LogP contribution in [0.15, 0.2) is 24.3 Å². The average molecular weight is 216 g/mol. The van der Waals surface area contributed by atoms with Crippen molar-refractivity contribution in [2.24, 2.45) is 0 Å². The monoisotopic (exact) mass is 216 g/mol. The maximum atomic E-state index is 11.8. The zero-order valence-corrected chi connectivity index (χ0v) is 7.51. The summed E-state index contributed by atoms with van der Waals surface area (Å²) < 4.78 is 39.0. The quantitative estimate of drug-likeness (QED) is 0.789. The van der Waals surface area contributed by atoms with Crippen LogP contribution in [-0.4, -0.2) is 12.9 Å². The highest BCUT2D eigenvalue weighted by Gasteiger charge is 2.30. The maximum Gasteiger partial charge on any atom is 0.573 e. The largest absolute Gasteiger partial charge is 0.573 e. The van der Waals surface area contributed by atoms with E-state index in [9.17, 15) is 13.2 Å². The Bertz CT molecular complexity index is 353.